The molecule has 0 spiro atoms. The van der Waals surface area contributed by atoms with E-state index in [1.807, 2.05) is 35.7 Å². The van der Waals surface area contributed by atoms with E-state index in [1.54, 1.807) is 25.6 Å². The summed E-state index contributed by atoms with van der Waals surface area (Å²) in [6.07, 6.45) is 6.68. The molecule has 2 aromatic heterocycles. The molecule has 0 aliphatic rings. The standard InChI is InChI=1S/C19H16BrN3O2S/c1-25-17-4-3-15(20)10-14(17)2-5-18(24)22-11-19-23-16(12-26-19)13-6-8-21-9-7-13/h2-10,12H,11H2,1H3,(H,22,24)/b5-2+. The summed E-state index contributed by atoms with van der Waals surface area (Å²) in [6.45, 7) is 0.383. The van der Waals surface area contributed by atoms with Gasteiger partial charge in [-0.1, -0.05) is 15.9 Å². The van der Waals surface area contributed by atoms with Gasteiger partial charge in [0.2, 0.25) is 5.91 Å². The van der Waals surface area contributed by atoms with Crippen LogP contribution in [0.5, 0.6) is 5.75 Å². The van der Waals surface area contributed by atoms with Crippen LogP contribution in [0.1, 0.15) is 10.6 Å². The summed E-state index contributed by atoms with van der Waals surface area (Å²) in [5.41, 5.74) is 2.72. The number of amides is 1. The van der Waals surface area contributed by atoms with Crippen molar-refractivity contribution in [2.75, 3.05) is 7.11 Å². The zero-order chi connectivity index (χ0) is 18.4. The van der Waals surface area contributed by atoms with E-state index in [4.69, 9.17) is 4.74 Å². The van der Waals surface area contributed by atoms with Gasteiger partial charge in [-0.2, -0.15) is 0 Å². The zero-order valence-electron chi connectivity index (χ0n) is 14.0. The van der Waals surface area contributed by atoms with Crippen molar-refractivity contribution in [2.24, 2.45) is 0 Å². The number of hydrogen-bond donors (Lipinski definition) is 1. The van der Waals surface area contributed by atoms with Crippen LogP contribution < -0.4 is 10.1 Å². The molecule has 5 nitrogen and oxygen atoms in total. The van der Waals surface area contributed by atoms with Crippen LogP contribution in [0.4, 0.5) is 0 Å². The summed E-state index contributed by atoms with van der Waals surface area (Å²) >= 11 is 4.93. The number of methoxy groups -OCH3 is 1. The molecule has 1 aromatic carbocycles. The predicted octanol–water partition coefficient (Wildman–Crippen LogP) is 4.31. The van der Waals surface area contributed by atoms with Gasteiger partial charge in [-0.3, -0.25) is 9.78 Å². The van der Waals surface area contributed by atoms with Crippen molar-refractivity contribution in [3.63, 3.8) is 0 Å². The van der Waals surface area contributed by atoms with Crippen LogP contribution in [0.15, 0.2) is 58.7 Å². The lowest BCUT2D eigenvalue weighted by molar-refractivity contribution is -0.116. The van der Waals surface area contributed by atoms with Gasteiger partial charge in [-0.05, 0) is 36.4 Å². The van der Waals surface area contributed by atoms with Gasteiger partial charge in [-0.25, -0.2) is 4.98 Å². The minimum Gasteiger partial charge on any atom is -0.496 e. The Kier molecular flexibility index (Phi) is 6.14. The molecule has 7 heteroatoms. The number of nitrogens with one attached hydrogen (secondary N) is 1. The minimum absolute atomic E-state index is 0.187. The van der Waals surface area contributed by atoms with Crippen molar-refractivity contribution in [1.29, 1.82) is 0 Å². The van der Waals surface area contributed by atoms with E-state index in [1.165, 1.54) is 17.4 Å². The first-order chi connectivity index (χ1) is 12.7. The highest BCUT2D eigenvalue weighted by Crippen LogP contribution is 2.24. The summed E-state index contributed by atoms with van der Waals surface area (Å²) in [5, 5.41) is 5.66. The van der Waals surface area contributed by atoms with Crippen molar-refractivity contribution in [2.45, 2.75) is 6.54 Å². The molecule has 0 atom stereocenters. The highest BCUT2D eigenvalue weighted by Gasteiger charge is 2.06. The molecule has 1 N–H and O–H groups in total. The van der Waals surface area contributed by atoms with E-state index in [9.17, 15) is 4.79 Å². The quantitative estimate of drug-likeness (QED) is 0.593. The van der Waals surface area contributed by atoms with Crippen molar-refractivity contribution >= 4 is 39.2 Å². The summed E-state index contributed by atoms with van der Waals surface area (Å²) in [4.78, 5) is 20.6. The minimum atomic E-state index is -0.187. The maximum absolute atomic E-state index is 12.1. The molecule has 132 valence electrons. The van der Waals surface area contributed by atoms with Crippen molar-refractivity contribution < 1.29 is 9.53 Å². The van der Waals surface area contributed by atoms with Crippen LogP contribution in [0.25, 0.3) is 17.3 Å². The molecular weight excluding hydrogens is 414 g/mol. The molecule has 3 rings (SSSR count). The van der Waals surface area contributed by atoms with E-state index >= 15 is 0 Å². The van der Waals surface area contributed by atoms with E-state index in [0.29, 0.717) is 12.3 Å². The van der Waals surface area contributed by atoms with Crippen LogP contribution >= 0.6 is 27.3 Å². The number of hydrogen-bond acceptors (Lipinski definition) is 5. The first-order valence-electron chi connectivity index (χ1n) is 7.80. The molecule has 3 aromatic rings. The lowest BCUT2D eigenvalue weighted by atomic mass is 10.2. The first kappa shape index (κ1) is 18.3. The summed E-state index contributed by atoms with van der Waals surface area (Å²) in [6, 6.07) is 9.44. The van der Waals surface area contributed by atoms with Crippen molar-refractivity contribution in [3.8, 4) is 17.0 Å². The molecule has 0 unspecified atom stereocenters. The van der Waals surface area contributed by atoms with Crippen LogP contribution in [-0.4, -0.2) is 23.0 Å². The Bertz CT molecular complexity index is 926. The highest BCUT2D eigenvalue weighted by atomic mass is 79.9. The summed E-state index contributed by atoms with van der Waals surface area (Å²) in [7, 11) is 1.60. The fraction of sp³-hybridized carbons (Fsp3) is 0.105. The number of carbonyl (C=O) groups is 1. The van der Waals surface area contributed by atoms with E-state index < -0.39 is 0 Å². The molecular formula is C19H16BrN3O2S. The van der Waals surface area contributed by atoms with Gasteiger partial charge in [0.15, 0.2) is 0 Å². The number of halogens is 1. The topological polar surface area (TPSA) is 64.1 Å². The van der Waals surface area contributed by atoms with E-state index in [2.05, 4.69) is 31.2 Å². The van der Waals surface area contributed by atoms with Crippen LogP contribution in [-0.2, 0) is 11.3 Å². The maximum Gasteiger partial charge on any atom is 0.244 e. The number of aromatic nitrogens is 2. The van der Waals surface area contributed by atoms with E-state index in [0.717, 1.165) is 26.3 Å². The molecule has 2 heterocycles. The Hall–Kier alpha value is -2.51. The second-order valence-electron chi connectivity index (χ2n) is 5.30. The third-order valence-corrected chi connectivity index (χ3v) is 4.89. The number of rotatable bonds is 6. The van der Waals surface area contributed by atoms with Gasteiger partial charge in [0.05, 0.1) is 19.3 Å². The Morgan fingerprint density at radius 3 is 2.88 bits per heavy atom. The molecule has 0 aliphatic heterocycles. The Balaban J connectivity index is 1.60. The number of nitrogens with zero attached hydrogens (tertiary/aromatic N) is 2. The number of pyridine rings is 1. The third kappa shape index (κ3) is 4.77. The van der Waals surface area contributed by atoms with Crippen LogP contribution in [0.3, 0.4) is 0 Å². The van der Waals surface area contributed by atoms with Gasteiger partial charge in [0.1, 0.15) is 10.8 Å². The van der Waals surface area contributed by atoms with Gasteiger partial charge >= 0.3 is 0 Å². The maximum atomic E-state index is 12.1. The Morgan fingerprint density at radius 1 is 1.31 bits per heavy atom. The number of benzene rings is 1. The highest BCUT2D eigenvalue weighted by molar-refractivity contribution is 9.10. The number of ether oxygens (including phenoxy) is 1. The van der Waals surface area contributed by atoms with Crippen molar-refractivity contribution in [3.05, 3.63) is 69.2 Å². The average Bonchev–Trinajstić information content (AvgIpc) is 3.14. The molecule has 0 aliphatic carbocycles. The van der Waals surface area contributed by atoms with Gasteiger partial charge < -0.3 is 10.1 Å². The molecule has 26 heavy (non-hydrogen) atoms. The van der Waals surface area contributed by atoms with Gasteiger partial charge in [0, 0.05) is 39.4 Å². The Morgan fingerprint density at radius 2 is 2.12 bits per heavy atom. The van der Waals surface area contributed by atoms with Crippen molar-refractivity contribution in [1.82, 2.24) is 15.3 Å². The van der Waals surface area contributed by atoms with Gasteiger partial charge in [0.25, 0.3) is 0 Å². The molecule has 0 saturated carbocycles. The lowest BCUT2D eigenvalue weighted by Gasteiger charge is -2.05. The summed E-state index contributed by atoms with van der Waals surface area (Å²) in [5.74, 6) is 0.520. The second kappa shape index (κ2) is 8.73. The SMILES string of the molecule is COc1ccc(Br)cc1/C=C/C(=O)NCc1nc(-c2ccncc2)cs1. The lowest BCUT2D eigenvalue weighted by Crippen LogP contribution is -2.20. The monoisotopic (exact) mass is 429 g/mol. The predicted molar refractivity (Wildman–Crippen MR) is 107 cm³/mol. The molecule has 1 amide bonds. The zero-order valence-corrected chi connectivity index (χ0v) is 16.4. The molecule has 0 fully saturated rings. The number of carbonyl (C=O) groups excluding carboxylic acids is 1. The van der Waals surface area contributed by atoms with Crippen LogP contribution in [0.2, 0.25) is 0 Å². The fourth-order valence-electron chi connectivity index (χ4n) is 2.27. The fourth-order valence-corrected chi connectivity index (χ4v) is 3.39. The molecule has 0 bridgehead atoms. The second-order valence-corrected chi connectivity index (χ2v) is 7.16. The van der Waals surface area contributed by atoms with Crippen LogP contribution in [0, 0.1) is 0 Å². The Labute approximate surface area is 163 Å². The molecule has 0 saturated heterocycles. The largest absolute Gasteiger partial charge is 0.496 e. The van der Waals surface area contributed by atoms with E-state index in [-0.39, 0.29) is 5.91 Å². The normalized spacial score (nSPS) is 10.8. The van der Waals surface area contributed by atoms with Gasteiger partial charge in [-0.15, -0.1) is 11.3 Å². The smallest absolute Gasteiger partial charge is 0.244 e. The number of thiazole rings is 1. The third-order valence-electron chi connectivity index (χ3n) is 3.55. The molecule has 0 radical (unpaired) electrons. The first-order valence-corrected chi connectivity index (χ1v) is 9.47. The average molecular weight is 430 g/mol. The summed E-state index contributed by atoms with van der Waals surface area (Å²) < 4.78 is 6.21.